The van der Waals surface area contributed by atoms with Crippen LogP contribution in [0.1, 0.15) is 44.9 Å². The van der Waals surface area contributed by atoms with E-state index >= 15 is 0 Å². The zero-order chi connectivity index (χ0) is 11.7. The molecule has 98 valence electrons. The fraction of sp³-hybridized carbons (Fsp3) is 1.00. The topological polar surface area (TPSA) is 15.3 Å². The van der Waals surface area contributed by atoms with Gasteiger partial charge in [-0.05, 0) is 83.0 Å². The highest BCUT2D eigenvalue weighted by atomic mass is 15.2. The van der Waals surface area contributed by atoms with E-state index in [-0.39, 0.29) is 0 Å². The third-order valence-corrected chi connectivity index (χ3v) is 5.62. The molecule has 1 aliphatic heterocycles. The number of hydrogen-bond acceptors (Lipinski definition) is 2. The molecule has 3 rings (SSSR count). The molecule has 2 aliphatic carbocycles. The molecule has 3 fully saturated rings. The monoisotopic (exact) mass is 236 g/mol. The summed E-state index contributed by atoms with van der Waals surface area (Å²) < 4.78 is 0. The lowest BCUT2D eigenvalue weighted by Crippen LogP contribution is -2.44. The molecule has 0 aromatic heterocycles. The summed E-state index contributed by atoms with van der Waals surface area (Å²) in [6.07, 6.45) is 10.5. The number of likely N-dealkylation sites (tertiary alicyclic amines) is 1. The van der Waals surface area contributed by atoms with Crippen molar-refractivity contribution < 1.29 is 0 Å². The average molecular weight is 236 g/mol. The second-order valence-electron chi connectivity index (χ2n) is 6.61. The SMILES string of the molecule is CNCCC1CCN(C2CC3CCC2C3)CC1. The first-order valence-electron chi connectivity index (χ1n) is 7.75. The molecule has 2 heteroatoms. The zero-order valence-electron chi connectivity index (χ0n) is 11.3. The Morgan fingerprint density at radius 3 is 2.47 bits per heavy atom. The number of fused-ring (bicyclic) bond motifs is 2. The maximum atomic E-state index is 3.29. The Bertz CT molecular complexity index is 245. The van der Waals surface area contributed by atoms with E-state index in [2.05, 4.69) is 17.3 Å². The van der Waals surface area contributed by atoms with Gasteiger partial charge in [0.2, 0.25) is 0 Å². The molecule has 1 heterocycles. The first kappa shape index (κ1) is 12.0. The summed E-state index contributed by atoms with van der Waals surface area (Å²) in [6, 6.07) is 0.985. The van der Waals surface area contributed by atoms with Crippen LogP contribution in [0.25, 0.3) is 0 Å². The van der Waals surface area contributed by atoms with Gasteiger partial charge in [-0.15, -0.1) is 0 Å². The highest BCUT2D eigenvalue weighted by Crippen LogP contribution is 2.47. The summed E-state index contributed by atoms with van der Waals surface area (Å²) in [5, 5.41) is 3.29. The van der Waals surface area contributed by atoms with Crippen LogP contribution in [-0.4, -0.2) is 37.6 Å². The fourth-order valence-electron chi connectivity index (χ4n) is 4.58. The maximum Gasteiger partial charge on any atom is 0.0126 e. The van der Waals surface area contributed by atoms with E-state index in [1.807, 2.05) is 0 Å². The Morgan fingerprint density at radius 2 is 1.88 bits per heavy atom. The maximum absolute atomic E-state index is 3.29. The van der Waals surface area contributed by atoms with Crippen molar-refractivity contribution >= 4 is 0 Å². The zero-order valence-corrected chi connectivity index (χ0v) is 11.3. The Hall–Kier alpha value is -0.0800. The largest absolute Gasteiger partial charge is 0.320 e. The van der Waals surface area contributed by atoms with E-state index in [1.165, 1.54) is 51.7 Å². The van der Waals surface area contributed by atoms with E-state index < -0.39 is 0 Å². The van der Waals surface area contributed by atoms with Crippen molar-refractivity contribution in [2.24, 2.45) is 17.8 Å². The molecule has 1 saturated heterocycles. The normalized spacial score (nSPS) is 39.0. The van der Waals surface area contributed by atoms with E-state index in [9.17, 15) is 0 Å². The second kappa shape index (κ2) is 5.27. The standard InChI is InChI=1S/C15H28N2/c1-16-7-4-12-5-8-17(9-6-12)15-11-13-2-3-14(15)10-13/h12-16H,2-11H2,1H3. The third-order valence-electron chi connectivity index (χ3n) is 5.62. The van der Waals surface area contributed by atoms with Gasteiger partial charge in [-0.2, -0.15) is 0 Å². The van der Waals surface area contributed by atoms with E-state index in [4.69, 9.17) is 0 Å². The van der Waals surface area contributed by atoms with Gasteiger partial charge in [-0.3, -0.25) is 0 Å². The van der Waals surface area contributed by atoms with Crippen LogP contribution < -0.4 is 5.32 Å². The number of rotatable bonds is 4. The Labute approximate surface area is 106 Å². The van der Waals surface area contributed by atoms with Gasteiger partial charge >= 0.3 is 0 Å². The third kappa shape index (κ3) is 2.53. The van der Waals surface area contributed by atoms with Gasteiger partial charge in [-0.1, -0.05) is 6.42 Å². The lowest BCUT2D eigenvalue weighted by Gasteiger charge is -2.39. The van der Waals surface area contributed by atoms with Crippen molar-refractivity contribution in [3.63, 3.8) is 0 Å². The Morgan fingerprint density at radius 1 is 1.06 bits per heavy atom. The molecule has 17 heavy (non-hydrogen) atoms. The minimum absolute atomic E-state index is 0.985. The van der Waals surface area contributed by atoms with Gasteiger partial charge in [0, 0.05) is 6.04 Å². The minimum Gasteiger partial charge on any atom is -0.320 e. The average Bonchev–Trinajstić information content (AvgIpc) is 2.99. The summed E-state index contributed by atoms with van der Waals surface area (Å²) >= 11 is 0. The molecular formula is C15H28N2. The van der Waals surface area contributed by atoms with Gasteiger partial charge in [0.05, 0.1) is 0 Å². The first-order chi connectivity index (χ1) is 8.36. The van der Waals surface area contributed by atoms with Gasteiger partial charge in [-0.25, -0.2) is 0 Å². The summed E-state index contributed by atoms with van der Waals surface area (Å²) in [5.74, 6) is 3.18. The van der Waals surface area contributed by atoms with Crippen molar-refractivity contribution in [3.8, 4) is 0 Å². The Kier molecular flexibility index (Phi) is 3.72. The van der Waals surface area contributed by atoms with Crippen LogP contribution >= 0.6 is 0 Å². The lowest BCUT2D eigenvalue weighted by atomic mass is 9.88. The van der Waals surface area contributed by atoms with Crippen molar-refractivity contribution in [2.75, 3.05) is 26.7 Å². The number of nitrogens with zero attached hydrogens (tertiary/aromatic N) is 1. The molecule has 0 amide bonds. The highest BCUT2D eigenvalue weighted by Gasteiger charge is 2.42. The summed E-state index contributed by atoms with van der Waals surface area (Å²) in [5.41, 5.74) is 0. The van der Waals surface area contributed by atoms with E-state index in [0.717, 1.165) is 23.8 Å². The Balaban J connectivity index is 1.45. The van der Waals surface area contributed by atoms with Crippen molar-refractivity contribution in [1.29, 1.82) is 0 Å². The summed E-state index contributed by atoms with van der Waals surface area (Å²) in [7, 11) is 2.07. The predicted molar refractivity (Wildman–Crippen MR) is 72.1 cm³/mol. The van der Waals surface area contributed by atoms with Crippen LogP contribution in [0.3, 0.4) is 0 Å². The quantitative estimate of drug-likeness (QED) is 0.807. The van der Waals surface area contributed by atoms with Crippen LogP contribution in [0.5, 0.6) is 0 Å². The molecule has 0 radical (unpaired) electrons. The summed E-state index contributed by atoms with van der Waals surface area (Å²) in [4.78, 5) is 2.85. The molecule has 3 aliphatic rings. The molecule has 0 aromatic carbocycles. The molecule has 1 N–H and O–H groups in total. The van der Waals surface area contributed by atoms with Crippen molar-refractivity contribution in [2.45, 2.75) is 51.0 Å². The molecule has 0 aromatic rings. The van der Waals surface area contributed by atoms with Crippen LogP contribution in [0.15, 0.2) is 0 Å². The van der Waals surface area contributed by atoms with Crippen LogP contribution in [0, 0.1) is 17.8 Å². The molecule has 3 unspecified atom stereocenters. The molecule has 2 bridgehead atoms. The van der Waals surface area contributed by atoms with Crippen molar-refractivity contribution in [3.05, 3.63) is 0 Å². The van der Waals surface area contributed by atoms with Crippen LogP contribution in [0.2, 0.25) is 0 Å². The van der Waals surface area contributed by atoms with Gasteiger partial charge < -0.3 is 10.2 Å². The minimum atomic E-state index is 0.985. The predicted octanol–water partition coefficient (Wildman–Crippen LogP) is 2.50. The van der Waals surface area contributed by atoms with Gasteiger partial charge in [0.15, 0.2) is 0 Å². The number of piperidine rings is 1. The lowest BCUT2D eigenvalue weighted by molar-refractivity contribution is 0.0945. The molecule has 2 nitrogen and oxygen atoms in total. The second-order valence-corrected chi connectivity index (χ2v) is 6.61. The van der Waals surface area contributed by atoms with E-state index in [1.54, 1.807) is 12.8 Å². The number of nitrogens with one attached hydrogen (secondary N) is 1. The summed E-state index contributed by atoms with van der Waals surface area (Å²) in [6.45, 7) is 3.99. The molecule has 3 atom stereocenters. The smallest absolute Gasteiger partial charge is 0.0126 e. The number of hydrogen-bond donors (Lipinski definition) is 1. The molecular weight excluding hydrogens is 208 g/mol. The van der Waals surface area contributed by atoms with E-state index in [0.29, 0.717) is 0 Å². The molecule has 0 spiro atoms. The van der Waals surface area contributed by atoms with Crippen LogP contribution in [0.4, 0.5) is 0 Å². The highest BCUT2D eigenvalue weighted by molar-refractivity contribution is 4.96. The molecule has 2 saturated carbocycles. The van der Waals surface area contributed by atoms with Crippen LogP contribution in [-0.2, 0) is 0 Å². The van der Waals surface area contributed by atoms with Crippen molar-refractivity contribution in [1.82, 2.24) is 10.2 Å². The fourth-order valence-corrected chi connectivity index (χ4v) is 4.58. The van der Waals surface area contributed by atoms with Gasteiger partial charge in [0.25, 0.3) is 0 Å². The van der Waals surface area contributed by atoms with Gasteiger partial charge in [0.1, 0.15) is 0 Å². The first-order valence-corrected chi connectivity index (χ1v) is 7.75.